The van der Waals surface area contributed by atoms with Gasteiger partial charge in [0.05, 0.1) is 0 Å². The first-order valence-corrected chi connectivity index (χ1v) is 19.0. The van der Waals surface area contributed by atoms with Crippen LogP contribution in [0.3, 0.4) is 0 Å². The predicted octanol–water partition coefficient (Wildman–Crippen LogP) is 8.76. The summed E-state index contributed by atoms with van der Waals surface area (Å²) in [6, 6.07) is 26.5. The van der Waals surface area contributed by atoms with Crippen molar-refractivity contribution in [1.29, 1.82) is 0 Å². The van der Waals surface area contributed by atoms with E-state index in [9.17, 15) is 0 Å². The number of benzene rings is 5. The lowest BCUT2D eigenvalue weighted by Crippen LogP contribution is -2.16. The van der Waals surface area contributed by atoms with Crippen LogP contribution in [0.25, 0.3) is 43.1 Å². The van der Waals surface area contributed by atoms with Crippen LogP contribution < -0.4 is 0 Å². The summed E-state index contributed by atoms with van der Waals surface area (Å²) in [6.07, 6.45) is 0. The molecule has 0 aliphatic rings. The molecule has 0 saturated heterocycles. The fraction of sp³-hybridized carbons (Fsp3) is 0.188. The molecule has 0 amide bonds. The van der Waals surface area contributed by atoms with Gasteiger partial charge in [0.15, 0.2) is 0 Å². The zero-order chi connectivity index (χ0) is 24.1. The second kappa shape index (κ2) is 8.17. The number of rotatable bonds is 0. The number of hydrogen-bond acceptors (Lipinski definition) is 0. The molecule has 0 heterocycles. The number of fused-ring (bicyclic) bond motifs is 4. The predicted molar refractivity (Wildman–Crippen MR) is 157 cm³/mol. The van der Waals surface area contributed by atoms with E-state index in [0.717, 1.165) is 11.1 Å². The highest BCUT2D eigenvalue weighted by molar-refractivity contribution is 6.84. The van der Waals surface area contributed by atoms with E-state index in [1.807, 2.05) is 0 Å². The van der Waals surface area contributed by atoms with Crippen molar-refractivity contribution >= 4 is 59.2 Å². The van der Waals surface area contributed by atoms with E-state index in [4.69, 9.17) is 0 Å². The maximum absolute atomic E-state index is 3.67. The minimum Gasteiger partial charge on any atom is -0.127 e. The Bertz CT molecular complexity index is 1490. The van der Waals surface area contributed by atoms with Gasteiger partial charge in [-0.2, -0.15) is 0 Å². The van der Waals surface area contributed by atoms with Crippen LogP contribution in [0.2, 0.25) is 39.3 Å². The lowest BCUT2D eigenvalue weighted by molar-refractivity contribution is 1.73. The Balaban J connectivity index is 2.05. The molecule has 0 saturated carbocycles. The van der Waals surface area contributed by atoms with Gasteiger partial charge in [-0.15, -0.1) is 11.1 Å². The molecule has 0 fully saturated rings. The van der Waals surface area contributed by atoms with Crippen LogP contribution in [-0.2, 0) is 0 Å². The molecule has 34 heavy (non-hydrogen) atoms. The van der Waals surface area contributed by atoms with Gasteiger partial charge in [0.2, 0.25) is 0 Å². The van der Waals surface area contributed by atoms with Crippen LogP contribution in [-0.4, -0.2) is 16.1 Å². The zero-order valence-corrected chi connectivity index (χ0v) is 22.9. The summed E-state index contributed by atoms with van der Waals surface area (Å²) in [4.78, 5) is 0. The van der Waals surface area contributed by atoms with E-state index in [-0.39, 0.29) is 0 Å². The van der Waals surface area contributed by atoms with Crippen molar-refractivity contribution in [2.24, 2.45) is 0 Å². The van der Waals surface area contributed by atoms with E-state index in [1.165, 1.54) is 43.1 Å². The molecule has 0 bridgehead atoms. The Kier molecular flexibility index (Phi) is 5.40. The van der Waals surface area contributed by atoms with Crippen LogP contribution in [0.5, 0.6) is 0 Å². The molecule has 0 spiro atoms. The minimum atomic E-state index is -1.56. The Morgan fingerprint density at radius 3 is 0.941 bits per heavy atom. The van der Waals surface area contributed by atoms with Crippen molar-refractivity contribution in [3.05, 3.63) is 83.9 Å². The summed E-state index contributed by atoms with van der Waals surface area (Å²) in [7, 11) is -3.12. The van der Waals surface area contributed by atoms with Crippen LogP contribution in [0.1, 0.15) is 11.1 Å². The first-order chi connectivity index (χ1) is 16.1. The lowest BCUT2D eigenvalue weighted by atomic mass is 9.89. The molecule has 0 N–H and O–H groups in total. The van der Waals surface area contributed by atoms with Crippen molar-refractivity contribution in [2.45, 2.75) is 39.3 Å². The average Bonchev–Trinajstić information content (AvgIpc) is 2.77. The van der Waals surface area contributed by atoms with Crippen LogP contribution in [0, 0.1) is 22.9 Å². The van der Waals surface area contributed by atoms with Crippen LogP contribution >= 0.6 is 0 Å². The topological polar surface area (TPSA) is 0 Å². The highest BCUT2D eigenvalue weighted by atomic mass is 28.3. The van der Waals surface area contributed by atoms with Crippen molar-refractivity contribution in [3.8, 4) is 22.9 Å². The van der Waals surface area contributed by atoms with Gasteiger partial charge < -0.3 is 0 Å². The maximum atomic E-state index is 3.67. The normalized spacial score (nSPS) is 11.9. The third kappa shape index (κ3) is 4.40. The largest absolute Gasteiger partial charge is 0.129 e. The van der Waals surface area contributed by atoms with E-state index < -0.39 is 16.1 Å². The second-order valence-electron chi connectivity index (χ2n) is 11.2. The molecule has 5 aromatic carbocycles. The van der Waals surface area contributed by atoms with Crippen molar-refractivity contribution < 1.29 is 0 Å². The van der Waals surface area contributed by atoms with Crippen molar-refractivity contribution in [2.75, 3.05) is 0 Å². The summed E-state index contributed by atoms with van der Waals surface area (Å²) in [5.41, 5.74) is 9.59. The van der Waals surface area contributed by atoms with E-state index in [0.29, 0.717) is 0 Å². The molecule has 5 rings (SSSR count). The molecule has 5 aromatic rings. The molecule has 0 aromatic heterocycles. The molecule has 0 nitrogen and oxygen atoms in total. The third-order valence-corrected chi connectivity index (χ3v) is 7.72. The molecular weight excluding hydrogens is 441 g/mol. The molecule has 166 valence electrons. The Morgan fingerprint density at radius 2 is 0.706 bits per heavy atom. The van der Waals surface area contributed by atoms with Gasteiger partial charge >= 0.3 is 0 Å². The molecule has 0 unspecified atom stereocenters. The van der Waals surface area contributed by atoms with Crippen molar-refractivity contribution in [1.82, 2.24) is 0 Å². The summed E-state index contributed by atoms with van der Waals surface area (Å²) in [5, 5.41) is 9.84. The van der Waals surface area contributed by atoms with Gasteiger partial charge in [0.25, 0.3) is 0 Å². The standard InChI is InChI=1S/C32H30Si2/c1-33(2,3)17-15-27-29-19-23-11-7-9-13-25(23)21-31(29)28(16-18-34(4,5)6)32-22-26-14-10-8-12-24(26)20-30(27)32/h7-14,19-22H,1-6H3. The van der Waals surface area contributed by atoms with Gasteiger partial charge in [-0.05, 0) is 67.4 Å². The summed E-state index contributed by atoms with van der Waals surface area (Å²) in [5.74, 6) is 7.34. The highest BCUT2D eigenvalue weighted by Gasteiger charge is 2.16. The van der Waals surface area contributed by atoms with Crippen molar-refractivity contribution in [3.63, 3.8) is 0 Å². The quantitative estimate of drug-likeness (QED) is 0.120. The lowest BCUT2D eigenvalue weighted by Gasteiger charge is -2.15. The van der Waals surface area contributed by atoms with Gasteiger partial charge in [-0.1, -0.05) is 99.7 Å². The number of hydrogen-bond donors (Lipinski definition) is 0. The summed E-state index contributed by atoms with van der Waals surface area (Å²) < 4.78 is 0. The molecule has 0 aliphatic carbocycles. The summed E-state index contributed by atoms with van der Waals surface area (Å²) in [6.45, 7) is 13.9. The van der Waals surface area contributed by atoms with Gasteiger partial charge in [0, 0.05) is 11.1 Å². The molecular formula is C32H30Si2. The fourth-order valence-electron chi connectivity index (χ4n) is 4.37. The van der Waals surface area contributed by atoms with Gasteiger partial charge in [-0.3, -0.25) is 0 Å². The smallest absolute Gasteiger partial charge is 0.127 e. The fourth-order valence-corrected chi connectivity index (χ4v) is 5.37. The Morgan fingerprint density at radius 1 is 0.441 bits per heavy atom. The van der Waals surface area contributed by atoms with Gasteiger partial charge in [0.1, 0.15) is 16.1 Å². The third-order valence-electron chi connectivity index (χ3n) is 5.97. The molecule has 0 radical (unpaired) electrons. The van der Waals surface area contributed by atoms with Crippen LogP contribution in [0.15, 0.2) is 72.8 Å². The van der Waals surface area contributed by atoms with E-state index in [1.54, 1.807) is 0 Å². The molecule has 0 atom stereocenters. The summed E-state index contributed by atoms with van der Waals surface area (Å²) >= 11 is 0. The SMILES string of the molecule is C[Si](C)(C)C#Cc1c2cc3ccccc3cc2c(C#C[Si](C)(C)C)c2cc3ccccc3cc12. The Hall–Kier alpha value is -3.31. The molecule has 0 aliphatic heterocycles. The zero-order valence-electron chi connectivity index (χ0n) is 20.9. The first-order valence-electron chi connectivity index (χ1n) is 12.0. The maximum Gasteiger partial charge on any atom is 0.129 e. The average molecular weight is 471 g/mol. The van der Waals surface area contributed by atoms with E-state index in [2.05, 4.69) is 135 Å². The van der Waals surface area contributed by atoms with Crippen LogP contribution in [0.4, 0.5) is 0 Å². The highest BCUT2D eigenvalue weighted by Crippen LogP contribution is 2.37. The minimum absolute atomic E-state index is 1.14. The monoisotopic (exact) mass is 470 g/mol. The van der Waals surface area contributed by atoms with E-state index >= 15 is 0 Å². The first kappa shape index (κ1) is 22.5. The Labute approximate surface area is 205 Å². The second-order valence-corrected chi connectivity index (χ2v) is 20.7. The molecule has 2 heteroatoms. The van der Waals surface area contributed by atoms with Gasteiger partial charge in [-0.25, -0.2) is 0 Å².